The van der Waals surface area contributed by atoms with Gasteiger partial charge in [0.1, 0.15) is 0 Å². The van der Waals surface area contributed by atoms with Crippen molar-refractivity contribution >= 4 is 0 Å². The van der Waals surface area contributed by atoms with Crippen LogP contribution in [-0.2, 0) is 19.4 Å². The average Bonchev–Trinajstić information content (AvgIpc) is 2.88. The second-order valence-electron chi connectivity index (χ2n) is 6.11. The molecule has 1 aromatic rings. The summed E-state index contributed by atoms with van der Waals surface area (Å²) in [5.41, 5.74) is 2.71. The Morgan fingerprint density at radius 3 is 2.60 bits per heavy atom. The predicted molar refractivity (Wildman–Crippen MR) is 85.0 cm³/mol. The van der Waals surface area contributed by atoms with E-state index in [1.807, 2.05) is 0 Å². The molecule has 114 valence electrons. The van der Waals surface area contributed by atoms with Gasteiger partial charge in [-0.2, -0.15) is 5.10 Å². The summed E-state index contributed by atoms with van der Waals surface area (Å²) in [4.78, 5) is 0. The zero-order valence-corrected chi connectivity index (χ0v) is 13.5. The third-order valence-corrected chi connectivity index (χ3v) is 4.77. The number of hydrogen-bond acceptors (Lipinski definition) is 2. The lowest BCUT2D eigenvalue weighted by Crippen LogP contribution is -2.32. The van der Waals surface area contributed by atoms with Crippen LogP contribution in [0, 0.1) is 11.8 Å². The molecule has 0 saturated heterocycles. The SMILES string of the molecule is CCNCC1CCCCC1Cc1cc(CC)nn1CC. The molecule has 2 unspecified atom stereocenters. The second-order valence-corrected chi connectivity index (χ2v) is 6.11. The van der Waals surface area contributed by atoms with E-state index in [1.54, 1.807) is 0 Å². The monoisotopic (exact) mass is 277 g/mol. The van der Waals surface area contributed by atoms with Crippen LogP contribution in [0.3, 0.4) is 0 Å². The van der Waals surface area contributed by atoms with Crippen molar-refractivity contribution in [3.63, 3.8) is 0 Å². The number of nitrogens with one attached hydrogen (secondary N) is 1. The maximum Gasteiger partial charge on any atom is 0.0624 e. The Labute approximate surface area is 124 Å². The largest absolute Gasteiger partial charge is 0.317 e. The third kappa shape index (κ3) is 3.85. The first-order chi connectivity index (χ1) is 9.78. The number of nitrogens with zero attached hydrogens (tertiary/aromatic N) is 2. The van der Waals surface area contributed by atoms with Crippen molar-refractivity contribution < 1.29 is 0 Å². The van der Waals surface area contributed by atoms with Crippen LogP contribution in [0.1, 0.15) is 57.8 Å². The number of hydrogen-bond donors (Lipinski definition) is 1. The molecule has 0 radical (unpaired) electrons. The Hall–Kier alpha value is -0.830. The lowest BCUT2D eigenvalue weighted by Gasteiger charge is -2.32. The first kappa shape index (κ1) is 15.6. The van der Waals surface area contributed by atoms with Gasteiger partial charge >= 0.3 is 0 Å². The van der Waals surface area contributed by atoms with E-state index in [2.05, 4.69) is 36.8 Å². The zero-order valence-electron chi connectivity index (χ0n) is 13.5. The van der Waals surface area contributed by atoms with Gasteiger partial charge in [0.2, 0.25) is 0 Å². The highest BCUT2D eigenvalue weighted by Gasteiger charge is 2.26. The van der Waals surface area contributed by atoms with Gasteiger partial charge in [-0.3, -0.25) is 4.68 Å². The summed E-state index contributed by atoms with van der Waals surface area (Å²) in [6.45, 7) is 9.89. The highest BCUT2D eigenvalue weighted by molar-refractivity contribution is 5.11. The second kappa shape index (κ2) is 7.82. The molecule has 0 spiro atoms. The molecule has 1 N–H and O–H groups in total. The molecule has 3 nitrogen and oxygen atoms in total. The van der Waals surface area contributed by atoms with Crippen LogP contribution in [0.15, 0.2) is 6.07 Å². The average molecular weight is 277 g/mol. The van der Waals surface area contributed by atoms with E-state index in [4.69, 9.17) is 5.10 Å². The molecule has 0 bridgehead atoms. The van der Waals surface area contributed by atoms with Crippen molar-refractivity contribution in [2.75, 3.05) is 13.1 Å². The van der Waals surface area contributed by atoms with Crippen molar-refractivity contribution in [1.29, 1.82) is 0 Å². The van der Waals surface area contributed by atoms with Gasteiger partial charge in [-0.1, -0.05) is 26.7 Å². The van der Waals surface area contributed by atoms with Crippen molar-refractivity contribution in [1.82, 2.24) is 15.1 Å². The summed E-state index contributed by atoms with van der Waals surface area (Å²) in [6, 6.07) is 2.34. The Morgan fingerprint density at radius 2 is 1.95 bits per heavy atom. The van der Waals surface area contributed by atoms with Gasteiger partial charge in [0.25, 0.3) is 0 Å². The molecule has 1 heterocycles. The van der Waals surface area contributed by atoms with Gasteiger partial charge in [0.05, 0.1) is 5.69 Å². The molecular formula is C17H31N3. The van der Waals surface area contributed by atoms with Crippen LogP contribution in [0.2, 0.25) is 0 Å². The van der Waals surface area contributed by atoms with Crippen molar-refractivity contribution in [2.24, 2.45) is 11.8 Å². The highest BCUT2D eigenvalue weighted by Crippen LogP contribution is 2.32. The highest BCUT2D eigenvalue weighted by atomic mass is 15.3. The molecule has 0 aromatic carbocycles. The van der Waals surface area contributed by atoms with Crippen LogP contribution >= 0.6 is 0 Å². The molecule has 3 heteroatoms. The van der Waals surface area contributed by atoms with Gasteiger partial charge in [-0.25, -0.2) is 0 Å². The maximum atomic E-state index is 4.70. The Kier molecular flexibility index (Phi) is 6.08. The third-order valence-electron chi connectivity index (χ3n) is 4.77. The molecular weight excluding hydrogens is 246 g/mol. The number of aryl methyl sites for hydroxylation is 2. The van der Waals surface area contributed by atoms with Gasteiger partial charge < -0.3 is 5.32 Å². The molecule has 2 rings (SSSR count). The lowest BCUT2D eigenvalue weighted by atomic mass is 9.77. The van der Waals surface area contributed by atoms with E-state index in [9.17, 15) is 0 Å². The van der Waals surface area contributed by atoms with Crippen molar-refractivity contribution in [3.8, 4) is 0 Å². The topological polar surface area (TPSA) is 29.9 Å². The standard InChI is InChI=1S/C17H31N3/c1-4-16-12-17(20(6-3)19-16)11-14-9-7-8-10-15(14)13-18-5-2/h12,14-15,18H,4-11,13H2,1-3H3. The Morgan fingerprint density at radius 1 is 1.20 bits per heavy atom. The quantitative estimate of drug-likeness (QED) is 0.827. The molecule has 1 aliphatic rings. The first-order valence-corrected chi connectivity index (χ1v) is 8.54. The number of rotatable bonds is 7. The van der Waals surface area contributed by atoms with Crippen LogP contribution in [0.5, 0.6) is 0 Å². The van der Waals surface area contributed by atoms with E-state index in [0.717, 1.165) is 31.3 Å². The molecule has 0 amide bonds. The van der Waals surface area contributed by atoms with Crippen LogP contribution in [0.25, 0.3) is 0 Å². The molecule has 1 saturated carbocycles. The van der Waals surface area contributed by atoms with Gasteiger partial charge in [-0.05, 0) is 63.6 Å². The summed E-state index contributed by atoms with van der Waals surface area (Å²) >= 11 is 0. The van der Waals surface area contributed by atoms with Crippen LogP contribution < -0.4 is 5.32 Å². The summed E-state index contributed by atoms with van der Waals surface area (Å²) in [5.74, 6) is 1.70. The Bertz CT molecular complexity index is 397. The smallest absolute Gasteiger partial charge is 0.0624 e. The molecule has 2 atom stereocenters. The zero-order chi connectivity index (χ0) is 14.4. The fraction of sp³-hybridized carbons (Fsp3) is 0.824. The van der Waals surface area contributed by atoms with E-state index in [-0.39, 0.29) is 0 Å². The minimum Gasteiger partial charge on any atom is -0.317 e. The Balaban J connectivity index is 2.03. The van der Waals surface area contributed by atoms with Crippen LogP contribution in [0.4, 0.5) is 0 Å². The summed E-state index contributed by atoms with van der Waals surface area (Å²) in [7, 11) is 0. The minimum absolute atomic E-state index is 0.842. The summed E-state index contributed by atoms with van der Waals surface area (Å²) < 4.78 is 2.22. The normalized spacial score (nSPS) is 23.1. The van der Waals surface area contributed by atoms with Gasteiger partial charge in [-0.15, -0.1) is 0 Å². The van der Waals surface area contributed by atoms with E-state index < -0.39 is 0 Å². The maximum absolute atomic E-state index is 4.70. The van der Waals surface area contributed by atoms with E-state index in [1.165, 1.54) is 50.0 Å². The summed E-state index contributed by atoms with van der Waals surface area (Å²) in [6.07, 6.45) is 7.89. The lowest BCUT2D eigenvalue weighted by molar-refractivity contribution is 0.226. The van der Waals surface area contributed by atoms with E-state index >= 15 is 0 Å². The van der Waals surface area contributed by atoms with Gasteiger partial charge in [0.15, 0.2) is 0 Å². The molecule has 20 heavy (non-hydrogen) atoms. The molecule has 1 fully saturated rings. The molecule has 1 aromatic heterocycles. The first-order valence-electron chi connectivity index (χ1n) is 8.54. The predicted octanol–water partition coefficient (Wildman–Crippen LogP) is 3.42. The van der Waals surface area contributed by atoms with Crippen LogP contribution in [-0.4, -0.2) is 22.9 Å². The molecule has 0 aliphatic heterocycles. The van der Waals surface area contributed by atoms with Crippen molar-refractivity contribution in [3.05, 3.63) is 17.5 Å². The molecule has 1 aliphatic carbocycles. The summed E-state index contributed by atoms with van der Waals surface area (Å²) in [5, 5.41) is 8.26. The number of aromatic nitrogens is 2. The minimum atomic E-state index is 0.842. The fourth-order valence-electron chi connectivity index (χ4n) is 3.55. The fourth-order valence-corrected chi connectivity index (χ4v) is 3.55. The van der Waals surface area contributed by atoms with Gasteiger partial charge in [0, 0.05) is 12.2 Å². The van der Waals surface area contributed by atoms with Crippen molar-refractivity contribution in [2.45, 2.75) is 65.8 Å². The van der Waals surface area contributed by atoms with E-state index in [0.29, 0.717) is 0 Å².